The van der Waals surface area contributed by atoms with Gasteiger partial charge in [0.2, 0.25) is 5.91 Å². The molecule has 0 bridgehead atoms. The van der Waals surface area contributed by atoms with Crippen molar-refractivity contribution in [1.82, 2.24) is 20.2 Å². The molecule has 1 unspecified atom stereocenters. The molecule has 1 aromatic heterocycles. The summed E-state index contributed by atoms with van der Waals surface area (Å²) < 4.78 is 0. The van der Waals surface area contributed by atoms with Crippen molar-refractivity contribution in [2.24, 2.45) is 0 Å². The quantitative estimate of drug-likeness (QED) is 0.754. The molecule has 164 valence electrons. The summed E-state index contributed by atoms with van der Waals surface area (Å²) >= 11 is 0. The Kier molecular flexibility index (Phi) is 6.04. The third kappa shape index (κ3) is 4.52. The summed E-state index contributed by atoms with van der Waals surface area (Å²) in [6, 6.07) is 10.6. The van der Waals surface area contributed by atoms with E-state index in [2.05, 4.69) is 27.3 Å². The maximum Gasteiger partial charge on any atom is 0.234 e. The summed E-state index contributed by atoms with van der Waals surface area (Å²) in [5.74, 6) is 1.03. The van der Waals surface area contributed by atoms with Crippen molar-refractivity contribution in [3.8, 4) is 11.4 Å². The van der Waals surface area contributed by atoms with Gasteiger partial charge in [0.05, 0.1) is 12.2 Å². The highest BCUT2D eigenvalue weighted by Crippen LogP contribution is 2.44. The van der Waals surface area contributed by atoms with Crippen molar-refractivity contribution < 1.29 is 4.79 Å². The Hall–Kier alpha value is -2.27. The van der Waals surface area contributed by atoms with Gasteiger partial charge in [0.15, 0.2) is 5.82 Å². The van der Waals surface area contributed by atoms with E-state index in [1.54, 1.807) is 0 Å². The van der Waals surface area contributed by atoms with Crippen molar-refractivity contribution in [3.63, 3.8) is 0 Å². The number of piperidine rings is 1. The predicted molar refractivity (Wildman–Crippen MR) is 123 cm³/mol. The lowest BCUT2D eigenvalue weighted by molar-refractivity contribution is -0.123. The van der Waals surface area contributed by atoms with Gasteiger partial charge in [-0.1, -0.05) is 56.0 Å². The second kappa shape index (κ2) is 9.07. The van der Waals surface area contributed by atoms with Gasteiger partial charge in [-0.3, -0.25) is 9.69 Å². The fourth-order valence-electron chi connectivity index (χ4n) is 5.93. The summed E-state index contributed by atoms with van der Waals surface area (Å²) in [6.07, 6.45) is 13.9. The number of fused-ring (bicyclic) bond motifs is 2. The molecule has 0 radical (unpaired) electrons. The minimum absolute atomic E-state index is 0.0721. The number of nitrogens with one attached hydrogen (secondary N) is 1. The molecule has 1 saturated heterocycles. The van der Waals surface area contributed by atoms with Gasteiger partial charge in [-0.05, 0) is 50.6 Å². The first-order valence-corrected chi connectivity index (χ1v) is 12.2. The number of hydrogen-bond acceptors (Lipinski definition) is 4. The van der Waals surface area contributed by atoms with E-state index in [0.29, 0.717) is 12.6 Å². The van der Waals surface area contributed by atoms with E-state index >= 15 is 0 Å². The van der Waals surface area contributed by atoms with Crippen LogP contribution < -0.4 is 5.32 Å². The Bertz CT molecular complexity index is 903. The number of likely N-dealkylation sites (tertiary alicyclic amines) is 1. The lowest BCUT2D eigenvalue weighted by Gasteiger charge is -2.40. The smallest absolute Gasteiger partial charge is 0.234 e. The molecular weight excluding hydrogens is 384 g/mol. The van der Waals surface area contributed by atoms with E-state index in [0.717, 1.165) is 63.0 Å². The topological polar surface area (TPSA) is 58.1 Å². The van der Waals surface area contributed by atoms with Crippen LogP contribution in [0, 0.1) is 0 Å². The Morgan fingerprint density at radius 3 is 2.68 bits per heavy atom. The van der Waals surface area contributed by atoms with Crippen LogP contribution >= 0.6 is 0 Å². The number of hydrogen-bond donors (Lipinski definition) is 1. The number of carbonyl (C=O) groups excluding carboxylic acids is 1. The third-order valence-electron chi connectivity index (χ3n) is 7.52. The molecule has 1 saturated carbocycles. The molecule has 1 aliphatic heterocycles. The van der Waals surface area contributed by atoms with Crippen LogP contribution in [0.1, 0.15) is 69.0 Å². The van der Waals surface area contributed by atoms with Gasteiger partial charge in [-0.2, -0.15) is 0 Å². The normalized spacial score (nSPS) is 24.6. The lowest BCUT2D eigenvalue weighted by Crippen LogP contribution is -2.50. The van der Waals surface area contributed by atoms with E-state index in [1.165, 1.54) is 36.9 Å². The fourth-order valence-corrected chi connectivity index (χ4v) is 5.93. The molecule has 3 aliphatic rings. The predicted octanol–water partition coefficient (Wildman–Crippen LogP) is 4.26. The average molecular weight is 419 g/mol. The van der Waals surface area contributed by atoms with Gasteiger partial charge in [-0.25, -0.2) is 9.97 Å². The summed E-state index contributed by atoms with van der Waals surface area (Å²) in [5.41, 5.74) is 3.67. The highest BCUT2D eigenvalue weighted by atomic mass is 16.2. The van der Waals surface area contributed by atoms with Crippen LogP contribution in [0.25, 0.3) is 11.4 Å². The molecule has 2 heterocycles. The summed E-state index contributed by atoms with van der Waals surface area (Å²) in [5, 5.41) is 3.33. The SMILES string of the molecule is O=C(CN1CCCC2(CCc3cnc(-c4ccccc4)nc32)C1)NC1CCCCCC1. The van der Waals surface area contributed by atoms with E-state index in [1.807, 2.05) is 24.4 Å². The van der Waals surface area contributed by atoms with Crippen molar-refractivity contribution >= 4 is 5.91 Å². The number of aryl methyl sites for hydroxylation is 1. The molecule has 2 aromatic rings. The molecule has 1 amide bonds. The molecule has 2 aliphatic carbocycles. The number of carbonyl (C=O) groups is 1. The highest BCUT2D eigenvalue weighted by Gasteiger charge is 2.44. The molecule has 31 heavy (non-hydrogen) atoms. The molecule has 5 heteroatoms. The van der Waals surface area contributed by atoms with Crippen LogP contribution in [0.15, 0.2) is 36.5 Å². The number of nitrogens with zero attached hydrogens (tertiary/aromatic N) is 3. The maximum atomic E-state index is 12.8. The van der Waals surface area contributed by atoms with Crippen molar-refractivity contribution in [3.05, 3.63) is 47.8 Å². The molecule has 2 fully saturated rings. The van der Waals surface area contributed by atoms with Crippen molar-refractivity contribution in [2.45, 2.75) is 75.7 Å². The van der Waals surface area contributed by atoms with Gasteiger partial charge < -0.3 is 5.32 Å². The molecule has 1 atom stereocenters. The Morgan fingerprint density at radius 2 is 1.87 bits per heavy atom. The molecule has 1 aromatic carbocycles. The fraction of sp³-hybridized carbons (Fsp3) is 0.577. The second-order valence-electron chi connectivity index (χ2n) is 9.78. The molecule has 1 spiro atoms. The van der Waals surface area contributed by atoms with Crippen molar-refractivity contribution in [1.29, 1.82) is 0 Å². The molecular formula is C26H34N4O. The monoisotopic (exact) mass is 418 g/mol. The zero-order chi connectivity index (χ0) is 21.1. The Labute approximate surface area is 185 Å². The standard InChI is InChI=1S/C26H34N4O/c31-23(28-22-11-6-1-2-7-12-22)18-30-16-8-14-26(19-30)15-13-21-17-27-25(29-24(21)26)20-9-4-3-5-10-20/h3-5,9-10,17,22H,1-2,6-8,11-16,18-19H2,(H,28,31). The largest absolute Gasteiger partial charge is 0.352 e. The molecule has 5 rings (SSSR count). The number of aromatic nitrogens is 2. The lowest BCUT2D eigenvalue weighted by atomic mass is 9.77. The van der Waals surface area contributed by atoms with E-state index in [-0.39, 0.29) is 11.3 Å². The van der Waals surface area contributed by atoms with Crippen LogP contribution in [0.5, 0.6) is 0 Å². The minimum atomic E-state index is 0.0721. The maximum absolute atomic E-state index is 12.8. The number of amides is 1. The van der Waals surface area contributed by atoms with E-state index < -0.39 is 0 Å². The zero-order valence-corrected chi connectivity index (χ0v) is 18.5. The second-order valence-corrected chi connectivity index (χ2v) is 9.78. The van der Waals surface area contributed by atoms with Gasteiger partial charge in [0, 0.05) is 29.8 Å². The summed E-state index contributed by atoms with van der Waals surface area (Å²) in [4.78, 5) is 24.9. The van der Waals surface area contributed by atoms with Crippen LogP contribution in [0.4, 0.5) is 0 Å². The van der Waals surface area contributed by atoms with Crippen LogP contribution in [-0.2, 0) is 16.6 Å². The van der Waals surface area contributed by atoms with Crippen LogP contribution in [-0.4, -0.2) is 46.5 Å². The minimum Gasteiger partial charge on any atom is -0.352 e. The Balaban J connectivity index is 1.29. The first-order valence-electron chi connectivity index (χ1n) is 12.2. The third-order valence-corrected chi connectivity index (χ3v) is 7.52. The summed E-state index contributed by atoms with van der Waals surface area (Å²) in [6.45, 7) is 2.46. The van der Waals surface area contributed by atoms with E-state index in [4.69, 9.17) is 4.98 Å². The van der Waals surface area contributed by atoms with Crippen LogP contribution in [0.2, 0.25) is 0 Å². The van der Waals surface area contributed by atoms with Crippen LogP contribution in [0.3, 0.4) is 0 Å². The van der Waals surface area contributed by atoms with Gasteiger partial charge in [0.1, 0.15) is 0 Å². The molecule has 5 nitrogen and oxygen atoms in total. The van der Waals surface area contributed by atoms with Gasteiger partial charge in [0.25, 0.3) is 0 Å². The Morgan fingerprint density at radius 1 is 1.06 bits per heavy atom. The first-order chi connectivity index (χ1) is 15.2. The highest BCUT2D eigenvalue weighted by molar-refractivity contribution is 5.78. The van der Waals surface area contributed by atoms with Gasteiger partial charge in [-0.15, -0.1) is 0 Å². The first kappa shape index (κ1) is 20.6. The van der Waals surface area contributed by atoms with Crippen molar-refractivity contribution in [2.75, 3.05) is 19.6 Å². The average Bonchev–Trinajstić information content (AvgIpc) is 2.95. The molecule has 1 N–H and O–H groups in total. The van der Waals surface area contributed by atoms with E-state index in [9.17, 15) is 4.79 Å². The zero-order valence-electron chi connectivity index (χ0n) is 18.5. The van der Waals surface area contributed by atoms with Gasteiger partial charge >= 0.3 is 0 Å². The number of rotatable bonds is 4. The number of benzene rings is 1. The summed E-state index contributed by atoms with van der Waals surface area (Å²) in [7, 11) is 0.